The fraction of sp³-hybridized carbons (Fsp3) is 0.321. The summed E-state index contributed by atoms with van der Waals surface area (Å²) in [4.78, 5) is 51.3. The molecule has 10 nitrogen and oxygen atoms in total. The number of esters is 2. The van der Waals surface area contributed by atoms with Crippen LogP contribution in [0, 0.1) is 16.0 Å². The number of rotatable bonds is 9. The summed E-state index contributed by atoms with van der Waals surface area (Å²) >= 11 is 1.32. The minimum Gasteiger partial charge on any atom is -0.490 e. The lowest BCUT2D eigenvalue weighted by Crippen LogP contribution is -2.26. The number of carbonyl (C=O) groups excluding carboxylic acids is 3. The molecule has 0 radical (unpaired) electrons. The highest BCUT2D eigenvalue weighted by molar-refractivity contribution is 7.17. The number of fused-ring (bicyclic) bond motifs is 1. The number of nitro groups is 1. The summed E-state index contributed by atoms with van der Waals surface area (Å²) in [6.45, 7) is 4.04. The molecule has 0 aliphatic heterocycles. The van der Waals surface area contributed by atoms with Crippen LogP contribution >= 0.6 is 11.3 Å². The second-order valence-electron chi connectivity index (χ2n) is 9.11. The van der Waals surface area contributed by atoms with Gasteiger partial charge in [0.2, 0.25) is 6.10 Å². The molecule has 3 aromatic rings. The van der Waals surface area contributed by atoms with Crippen molar-refractivity contribution in [3.8, 4) is 5.75 Å². The molecule has 1 aliphatic rings. The van der Waals surface area contributed by atoms with Crippen LogP contribution in [0.1, 0.15) is 63.1 Å². The van der Waals surface area contributed by atoms with Crippen molar-refractivity contribution in [2.75, 3.05) is 19.0 Å². The summed E-state index contributed by atoms with van der Waals surface area (Å²) in [6, 6.07) is 12.0. The normalized spacial score (nSPS) is 15.0. The van der Waals surface area contributed by atoms with Gasteiger partial charge in [-0.1, -0.05) is 37.3 Å². The number of ether oxygens (including phenoxy) is 3. The molecular weight excluding hydrogens is 524 g/mol. The molecule has 0 saturated heterocycles. The SMILES string of the molecule is CCOC(=O)c1c(NC(=O)[C@H](OC(=O)c2ccc(OC)c([N+](=O)[O-])c2)c2ccccc2)sc2c1CC[C@@H](C)C2. The van der Waals surface area contributed by atoms with Crippen LogP contribution in [0.25, 0.3) is 0 Å². The van der Waals surface area contributed by atoms with Gasteiger partial charge in [-0.2, -0.15) is 0 Å². The van der Waals surface area contributed by atoms with Crippen LogP contribution in [-0.2, 0) is 27.1 Å². The largest absolute Gasteiger partial charge is 0.490 e. The Hall–Kier alpha value is -4.25. The zero-order valence-corrected chi connectivity index (χ0v) is 22.5. The Balaban J connectivity index is 1.66. The lowest BCUT2D eigenvalue weighted by atomic mass is 9.88. The van der Waals surface area contributed by atoms with Gasteiger partial charge >= 0.3 is 17.6 Å². The maximum absolute atomic E-state index is 13.6. The van der Waals surface area contributed by atoms with Crippen molar-refractivity contribution in [2.45, 2.75) is 39.2 Å². The van der Waals surface area contributed by atoms with E-state index in [4.69, 9.17) is 14.2 Å². The van der Waals surface area contributed by atoms with Crippen LogP contribution in [0.15, 0.2) is 48.5 Å². The topological polar surface area (TPSA) is 134 Å². The van der Waals surface area contributed by atoms with Crippen LogP contribution in [0.2, 0.25) is 0 Å². The van der Waals surface area contributed by atoms with Gasteiger partial charge in [-0.25, -0.2) is 9.59 Å². The van der Waals surface area contributed by atoms with Crippen molar-refractivity contribution in [3.05, 3.63) is 85.8 Å². The fourth-order valence-electron chi connectivity index (χ4n) is 4.47. The van der Waals surface area contributed by atoms with E-state index >= 15 is 0 Å². The highest BCUT2D eigenvalue weighted by atomic mass is 32.1. The van der Waals surface area contributed by atoms with Gasteiger partial charge in [0, 0.05) is 16.5 Å². The van der Waals surface area contributed by atoms with Crippen molar-refractivity contribution in [2.24, 2.45) is 5.92 Å². The molecule has 1 aromatic heterocycles. The monoisotopic (exact) mass is 552 g/mol. The van der Waals surface area contributed by atoms with Crippen LogP contribution in [0.4, 0.5) is 10.7 Å². The Morgan fingerprint density at radius 3 is 2.56 bits per heavy atom. The van der Waals surface area contributed by atoms with E-state index in [0.717, 1.165) is 29.3 Å². The van der Waals surface area contributed by atoms with E-state index in [1.54, 1.807) is 37.3 Å². The smallest absolute Gasteiger partial charge is 0.341 e. The number of carbonyl (C=O) groups is 3. The average molecular weight is 553 g/mol. The Labute approximate surface area is 229 Å². The molecule has 0 saturated carbocycles. The molecule has 11 heteroatoms. The van der Waals surface area contributed by atoms with Crippen molar-refractivity contribution in [3.63, 3.8) is 0 Å². The van der Waals surface area contributed by atoms with Crippen LogP contribution in [0.5, 0.6) is 5.75 Å². The molecule has 39 heavy (non-hydrogen) atoms. The van der Waals surface area contributed by atoms with Crippen molar-refractivity contribution in [1.82, 2.24) is 0 Å². The number of thiophene rings is 1. The lowest BCUT2D eigenvalue weighted by Gasteiger charge is -2.19. The van der Waals surface area contributed by atoms with Gasteiger partial charge in [0.15, 0.2) is 5.75 Å². The van der Waals surface area contributed by atoms with E-state index in [9.17, 15) is 24.5 Å². The standard InChI is InChI=1S/C28H28N2O8S/c1-4-37-28(33)23-19-12-10-16(2)14-22(19)39-26(23)29-25(31)24(17-8-6-5-7-9-17)38-27(32)18-11-13-21(36-3)20(15-18)30(34)35/h5-9,11,13,15-16,24H,4,10,12,14H2,1-3H3,(H,29,31)/t16-,24-/m1/s1. The van der Waals surface area contributed by atoms with Gasteiger partial charge in [-0.15, -0.1) is 11.3 Å². The highest BCUT2D eigenvalue weighted by Gasteiger charge is 2.32. The molecule has 1 N–H and O–H groups in total. The molecule has 2 atom stereocenters. The molecular formula is C28H28N2O8S. The Kier molecular flexibility index (Phi) is 8.60. The summed E-state index contributed by atoms with van der Waals surface area (Å²) in [5, 5.41) is 14.6. The first-order valence-electron chi connectivity index (χ1n) is 12.4. The number of amides is 1. The van der Waals surface area contributed by atoms with Gasteiger partial charge in [-0.3, -0.25) is 14.9 Å². The number of anilines is 1. The number of hydrogen-bond acceptors (Lipinski definition) is 9. The predicted octanol–water partition coefficient (Wildman–Crippen LogP) is 5.50. The number of hydrogen-bond donors (Lipinski definition) is 1. The Morgan fingerprint density at radius 1 is 1.15 bits per heavy atom. The van der Waals surface area contributed by atoms with E-state index < -0.39 is 34.6 Å². The molecule has 1 aliphatic carbocycles. The minimum atomic E-state index is -1.40. The summed E-state index contributed by atoms with van der Waals surface area (Å²) in [5.74, 6) is -1.69. The molecule has 2 aromatic carbocycles. The lowest BCUT2D eigenvalue weighted by molar-refractivity contribution is -0.385. The number of methoxy groups -OCH3 is 1. The number of nitrogens with zero attached hydrogens (tertiary/aromatic N) is 1. The summed E-state index contributed by atoms with van der Waals surface area (Å²) < 4.78 is 15.9. The zero-order chi connectivity index (χ0) is 28.1. The van der Waals surface area contributed by atoms with Gasteiger partial charge in [-0.05, 0) is 49.8 Å². The molecule has 1 heterocycles. The van der Waals surface area contributed by atoms with Gasteiger partial charge < -0.3 is 19.5 Å². The number of nitro benzene ring substituents is 1. The Morgan fingerprint density at radius 2 is 1.90 bits per heavy atom. The molecule has 4 rings (SSSR count). The van der Waals surface area contributed by atoms with E-state index in [1.807, 2.05) is 0 Å². The number of nitrogens with one attached hydrogen (secondary N) is 1. The molecule has 0 unspecified atom stereocenters. The fourth-order valence-corrected chi connectivity index (χ4v) is 5.87. The maximum Gasteiger partial charge on any atom is 0.341 e. The van der Waals surface area contributed by atoms with Crippen LogP contribution < -0.4 is 10.1 Å². The van der Waals surface area contributed by atoms with Crippen molar-refractivity contribution >= 4 is 39.9 Å². The third-order valence-electron chi connectivity index (χ3n) is 6.40. The summed E-state index contributed by atoms with van der Waals surface area (Å²) in [7, 11) is 1.28. The molecule has 1 amide bonds. The van der Waals surface area contributed by atoms with E-state index in [2.05, 4.69) is 12.2 Å². The van der Waals surface area contributed by atoms with Gasteiger partial charge in [0.25, 0.3) is 5.91 Å². The van der Waals surface area contributed by atoms with Crippen molar-refractivity contribution < 1.29 is 33.5 Å². The Bertz CT molecular complexity index is 1400. The summed E-state index contributed by atoms with van der Waals surface area (Å²) in [6.07, 6.45) is 1.01. The van der Waals surface area contributed by atoms with Crippen molar-refractivity contribution in [1.29, 1.82) is 0 Å². The van der Waals surface area contributed by atoms with Crippen LogP contribution in [-0.4, -0.2) is 36.5 Å². The molecule has 0 fully saturated rings. The molecule has 0 bridgehead atoms. The zero-order valence-electron chi connectivity index (χ0n) is 21.7. The molecule has 0 spiro atoms. The van der Waals surface area contributed by atoms with E-state index in [-0.39, 0.29) is 17.9 Å². The van der Waals surface area contributed by atoms with Gasteiger partial charge in [0.1, 0.15) is 5.00 Å². The van der Waals surface area contributed by atoms with E-state index in [1.165, 1.54) is 30.6 Å². The molecule has 204 valence electrons. The minimum absolute atomic E-state index is 0.0172. The second kappa shape index (κ2) is 12.1. The van der Waals surface area contributed by atoms with E-state index in [0.29, 0.717) is 28.5 Å². The van der Waals surface area contributed by atoms with Crippen LogP contribution in [0.3, 0.4) is 0 Å². The second-order valence-corrected chi connectivity index (χ2v) is 10.2. The first-order valence-corrected chi connectivity index (χ1v) is 13.3. The average Bonchev–Trinajstić information content (AvgIpc) is 3.28. The van der Waals surface area contributed by atoms with Gasteiger partial charge in [0.05, 0.1) is 29.8 Å². The first kappa shape index (κ1) is 27.8. The maximum atomic E-state index is 13.6. The predicted molar refractivity (Wildman–Crippen MR) is 144 cm³/mol. The third kappa shape index (κ3) is 6.09. The third-order valence-corrected chi connectivity index (χ3v) is 7.57. The first-order chi connectivity index (χ1) is 18.7. The summed E-state index contributed by atoms with van der Waals surface area (Å²) in [5.41, 5.74) is 1.07. The highest BCUT2D eigenvalue weighted by Crippen LogP contribution is 2.40. The quantitative estimate of drug-likeness (QED) is 0.209. The number of benzene rings is 2.